The van der Waals surface area contributed by atoms with E-state index in [2.05, 4.69) is 0 Å². The van der Waals surface area contributed by atoms with Crippen molar-refractivity contribution in [3.63, 3.8) is 0 Å². The van der Waals surface area contributed by atoms with Crippen molar-refractivity contribution in [3.05, 3.63) is 64.1 Å². The molecule has 0 amide bonds. The van der Waals surface area contributed by atoms with E-state index in [9.17, 15) is 14.3 Å². The molecule has 3 aliphatic carbocycles. The molecule has 158 valence electrons. The molecule has 0 radical (unpaired) electrons. The van der Waals surface area contributed by atoms with Crippen molar-refractivity contribution in [2.75, 3.05) is 0 Å². The Kier molecular flexibility index (Phi) is 6.02. The molecule has 2 aromatic rings. The Balaban J connectivity index is 1.86. The maximum atomic E-state index is 14.0. The van der Waals surface area contributed by atoms with E-state index in [1.165, 1.54) is 6.07 Å². The van der Waals surface area contributed by atoms with Crippen LogP contribution in [-0.2, 0) is 11.2 Å². The summed E-state index contributed by atoms with van der Waals surface area (Å²) in [5.41, 5.74) is 3.77. The van der Waals surface area contributed by atoms with Gasteiger partial charge in [0.25, 0.3) is 0 Å². The van der Waals surface area contributed by atoms with Crippen molar-refractivity contribution in [1.82, 2.24) is 0 Å². The van der Waals surface area contributed by atoms with Crippen molar-refractivity contribution in [2.24, 2.45) is 17.8 Å². The van der Waals surface area contributed by atoms with E-state index in [1.807, 2.05) is 32.0 Å². The topological polar surface area (TPSA) is 37.3 Å². The molecule has 5 rings (SSSR count). The average molecular weight is 427 g/mol. The first-order chi connectivity index (χ1) is 14.4. The van der Waals surface area contributed by atoms with Crippen LogP contribution in [0.4, 0.5) is 4.39 Å². The quantitative estimate of drug-likeness (QED) is 0.555. The Morgan fingerprint density at radius 2 is 1.73 bits per heavy atom. The molecule has 1 N–H and O–H groups in total. The zero-order valence-electron chi connectivity index (χ0n) is 17.6. The van der Waals surface area contributed by atoms with Crippen LogP contribution in [-0.4, -0.2) is 10.9 Å². The number of aliphatic hydroxyl groups is 1. The van der Waals surface area contributed by atoms with Crippen LogP contribution in [0.3, 0.4) is 0 Å². The summed E-state index contributed by atoms with van der Waals surface area (Å²) >= 11 is 5.85. The fraction of sp³-hybridized carbons (Fsp3) is 0.423. The second kappa shape index (κ2) is 8.55. The van der Waals surface area contributed by atoms with Crippen molar-refractivity contribution in [1.29, 1.82) is 0 Å². The molecule has 2 nitrogen and oxygen atoms in total. The van der Waals surface area contributed by atoms with Gasteiger partial charge in [-0.15, -0.1) is 0 Å². The largest absolute Gasteiger partial charge is 0.511 e. The Labute approximate surface area is 182 Å². The highest BCUT2D eigenvalue weighted by molar-refractivity contribution is 6.30. The normalized spacial score (nSPS) is 24.5. The van der Waals surface area contributed by atoms with E-state index in [0.717, 1.165) is 48.8 Å². The van der Waals surface area contributed by atoms with Crippen molar-refractivity contribution < 1.29 is 14.3 Å². The number of carbonyl (C=O) groups excluding carboxylic acids is 1. The number of hydrogen-bond donors (Lipinski definition) is 1. The first-order valence-electron chi connectivity index (χ1n) is 10.9. The number of fused-ring (bicyclic) bond motifs is 5. The number of carbonyl (C=O) groups is 1. The van der Waals surface area contributed by atoms with Gasteiger partial charge in [-0.3, -0.25) is 4.79 Å². The molecule has 0 unspecified atom stereocenters. The first kappa shape index (κ1) is 21.1. The van der Waals surface area contributed by atoms with Crippen molar-refractivity contribution >= 4 is 23.0 Å². The molecule has 0 saturated heterocycles. The number of hydrogen-bond acceptors (Lipinski definition) is 2. The highest BCUT2D eigenvalue weighted by Crippen LogP contribution is 2.43. The molecule has 0 aromatic heterocycles. The second-order valence-corrected chi connectivity index (χ2v) is 9.22. The number of ketones is 1. The number of Topliss-reactive ketones (excluding diaryl/α,β-unsaturated/α-hetero) is 1. The van der Waals surface area contributed by atoms with E-state index in [0.29, 0.717) is 29.4 Å². The number of allylic oxidation sites excluding steroid dienone is 2. The molecule has 2 aromatic carbocycles. The number of aliphatic hydroxyl groups excluding tert-OH is 1. The fourth-order valence-corrected chi connectivity index (χ4v) is 5.23. The first-order valence-corrected chi connectivity index (χ1v) is 11.3. The predicted octanol–water partition coefficient (Wildman–Crippen LogP) is 7.39. The van der Waals surface area contributed by atoms with Crippen LogP contribution in [0.5, 0.6) is 0 Å². The predicted molar refractivity (Wildman–Crippen MR) is 120 cm³/mol. The lowest BCUT2D eigenvalue weighted by atomic mass is 9.76. The highest BCUT2D eigenvalue weighted by atomic mass is 35.5. The van der Waals surface area contributed by atoms with E-state index >= 15 is 0 Å². The maximum Gasteiger partial charge on any atom is 0.167 e. The van der Waals surface area contributed by atoms with E-state index in [4.69, 9.17) is 11.6 Å². The van der Waals surface area contributed by atoms with Crippen LogP contribution < -0.4 is 0 Å². The van der Waals surface area contributed by atoms with Crippen molar-refractivity contribution in [2.45, 2.75) is 52.4 Å². The van der Waals surface area contributed by atoms with Gasteiger partial charge in [-0.1, -0.05) is 43.6 Å². The van der Waals surface area contributed by atoms with Crippen LogP contribution in [0.15, 0.2) is 42.2 Å². The molecule has 1 atom stereocenters. The van der Waals surface area contributed by atoms with Gasteiger partial charge in [0.1, 0.15) is 11.6 Å². The molecule has 0 heterocycles. The second-order valence-electron chi connectivity index (χ2n) is 8.81. The van der Waals surface area contributed by atoms with Gasteiger partial charge < -0.3 is 5.11 Å². The van der Waals surface area contributed by atoms with Gasteiger partial charge in [-0.05, 0) is 84.4 Å². The Bertz CT molecular complexity index is 1000. The zero-order valence-corrected chi connectivity index (χ0v) is 18.3. The summed E-state index contributed by atoms with van der Waals surface area (Å²) in [5, 5.41) is 11.3. The van der Waals surface area contributed by atoms with Crippen LogP contribution in [0, 0.1) is 23.6 Å². The van der Waals surface area contributed by atoms with E-state index in [-0.39, 0.29) is 22.5 Å². The third kappa shape index (κ3) is 3.92. The molecule has 0 aliphatic heterocycles. The lowest BCUT2D eigenvalue weighted by molar-refractivity contribution is -0.114. The number of halogens is 2. The summed E-state index contributed by atoms with van der Waals surface area (Å²) in [7, 11) is 0. The highest BCUT2D eigenvalue weighted by Gasteiger charge is 2.34. The van der Waals surface area contributed by atoms with Crippen LogP contribution in [0.25, 0.3) is 16.7 Å². The lowest BCUT2D eigenvalue weighted by Crippen LogP contribution is -2.20. The Morgan fingerprint density at radius 1 is 1.07 bits per heavy atom. The Hall–Kier alpha value is -2.13. The SMILES string of the molecule is CCc1ccc(-c2ccc(Cl)c(F)c2)cc1C1=C(O)[C@@H](C)C2CCC(CC2)CC1=O. The summed E-state index contributed by atoms with van der Waals surface area (Å²) < 4.78 is 14.0. The smallest absolute Gasteiger partial charge is 0.167 e. The van der Waals surface area contributed by atoms with Gasteiger partial charge in [-0.25, -0.2) is 4.39 Å². The molecule has 3 aliphatic rings. The average Bonchev–Trinajstić information content (AvgIpc) is 2.81. The summed E-state index contributed by atoms with van der Waals surface area (Å²) in [6.45, 7) is 4.09. The van der Waals surface area contributed by atoms with Gasteiger partial charge in [0.15, 0.2) is 5.78 Å². The number of benzene rings is 2. The summed E-state index contributed by atoms with van der Waals surface area (Å²) in [6, 6.07) is 10.6. The molecule has 1 fully saturated rings. The molecular formula is C26H28ClFO2. The van der Waals surface area contributed by atoms with Gasteiger partial charge in [0, 0.05) is 12.3 Å². The zero-order chi connectivity index (χ0) is 21.4. The lowest BCUT2D eigenvalue weighted by Gasteiger charge is -2.30. The van der Waals surface area contributed by atoms with E-state index in [1.54, 1.807) is 12.1 Å². The molecular weight excluding hydrogens is 399 g/mol. The molecule has 0 spiro atoms. The van der Waals surface area contributed by atoms with Gasteiger partial charge in [0.05, 0.1) is 10.6 Å². The van der Waals surface area contributed by atoms with Crippen molar-refractivity contribution in [3.8, 4) is 11.1 Å². The fourth-order valence-electron chi connectivity index (χ4n) is 5.11. The minimum Gasteiger partial charge on any atom is -0.511 e. The van der Waals surface area contributed by atoms with E-state index < -0.39 is 5.82 Å². The minimum atomic E-state index is -0.471. The Morgan fingerprint density at radius 3 is 2.40 bits per heavy atom. The number of aryl methyl sites for hydroxylation is 1. The molecule has 30 heavy (non-hydrogen) atoms. The summed E-state index contributed by atoms with van der Waals surface area (Å²) in [6.07, 6.45) is 5.50. The van der Waals surface area contributed by atoms with Crippen LogP contribution in [0.1, 0.15) is 57.1 Å². The number of rotatable bonds is 3. The van der Waals surface area contributed by atoms with Crippen LogP contribution in [0.2, 0.25) is 5.02 Å². The van der Waals surface area contributed by atoms with Gasteiger partial charge in [0.2, 0.25) is 0 Å². The summed E-state index contributed by atoms with van der Waals surface area (Å²) in [5.74, 6) is 0.564. The maximum absolute atomic E-state index is 14.0. The summed E-state index contributed by atoms with van der Waals surface area (Å²) in [4.78, 5) is 13.4. The third-order valence-electron chi connectivity index (χ3n) is 7.05. The van der Waals surface area contributed by atoms with Crippen LogP contribution >= 0.6 is 11.6 Å². The molecule has 2 bridgehead atoms. The van der Waals surface area contributed by atoms with Gasteiger partial charge >= 0.3 is 0 Å². The monoisotopic (exact) mass is 426 g/mol. The van der Waals surface area contributed by atoms with Gasteiger partial charge in [-0.2, -0.15) is 0 Å². The molecule has 1 saturated carbocycles. The molecule has 4 heteroatoms. The minimum absolute atomic E-state index is 0.0287. The third-order valence-corrected chi connectivity index (χ3v) is 7.36. The standard InChI is InChI=1S/C26H28ClFO2/c1-3-17-8-9-19(20-10-11-22(27)23(28)14-20)13-21(17)25-24(29)12-16-4-6-18(7-5-16)15(2)26(25)30/h8-11,13-16,18,30H,3-7,12H2,1-2H3/t15-,16?,18?/m0/s1.